The summed E-state index contributed by atoms with van der Waals surface area (Å²) in [6.45, 7) is 8.31. The molecule has 1 aliphatic heterocycles. The molecule has 1 fully saturated rings. The predicted octanol–water partition coefficient (Wildman–Crippen LogP) is 5.06. The third-order valence-corrected chi connectivity index (χ3v) is 6.30. The van der Waals surface area contributed by atoms with E-state index in [1.807, 2.05) is 19.9 Å². The van der Waals surface area contributed by atoms with Gasteiger partial charge in [-0.1, -0.05) is 38.1 Å². The molecule has 1 N–H and O–H groups in total. The Hall–Kier alpha value is -3.71. The second-order valence-electron chi connectivity index (χ2n) is 8.54. The lowest BCUT2D eigenvalue weighted by molar-refractivity contribution is -0.122. The maximum atomic E-state index is 13.4. The van der Waals surface area contributed by atoms with E-state index >= 15 is 0 Å². The van der Waals surface area contributed by atoms with E-state index in [4.69, 9.17) is 17.0 Å². The van der Waals surface area contributed by atoms with Crippen LogP contribution in [0.1, 0.15) is 42.3 Å². The molecular formula is C27H27N3O3S. The molecule has 1 aromatic heterocycles. The van der Waals surface area contributed by atoms with Gasteiger partial charge in [-0.3, -0.25) is 14.9 Å². The van der Waals surface area contributed by atoms with Crippen molar-refractivity contribution in [2.45, 2.75) is 33.6 Å². The minimum atomic E-state index is -0.521. The summed E-state index contributed by atoms with van der Waals surface area (Å²) in [5.41, 5.74) is 5.50. The molecule has 34 heavy (non-hydrogen) atoms. The van der Waals surface area contributed by atoms with E-state index in [0.717, 1.165) is 22.6 Å². The number of nitrogens with one attached hydrogen (secondary N) is 1. The topological polar surface area (TPSA) is 63.6 Å². The van der Waals surface area contributed by atoms with Crippen molar-refractivity contribution in [1.82, 2.24) is 9.88 Å². The van der Waals surface area contributed by atoms with Crippen LogP contribution >= 0.6 is 12.2 Å². The number of benzene rings is 2. The maximum Gasteiger partial charge on any atom is 0.270 e. The van der Waals surface area contributed by atoms with Crippen LogP contribution in [0.4, 0.5) is 5.69 Å². The molecule has 0 spiro atoms. The number of ether oxygens (including phenoxy) is 1. The second kappa shape index (κ2) is 9.27. The highest BCUT2D eigenvalue weighted by Crippen LogP contribution is 2.31. The minimum Gasteiger partial charge on any atom is -0.495 e. The van der Waals surface area contributed by atoms with Crippen LogP contribution in [-0.2, 0) is 9.59 Å². The fourth-order valence-corrected chi connectivity index (χ4v) is 4.46. The van der Waals surface area contributed by atoms with Crippen LogP contribution in [0.15, 0.2) is 60.2 Å². The number of para-hydroxylation sites is 2. The summed E-state index contributed by atoms with van der Waals surface area (Å²) in [5, 5.41) is 2.66. The largest absolute Gasteiger partial charge is 0.495 e. The Morgan fingerprint density at radius 2 is 1.71 bits per heavy atom. The Balaban J connectivity index is 1.75. The van der Waals surface area contributed by atoms with Crippen molar-refractivity contribution < 1.29 is 14.3 Å². The minimum absolute atomic E-state index is 0.00918. The van der Waals surface area contributed by atoms with E-state index in [-0.39, 0.29) is 10.7 Å². The van der Waals surface area contributed by atoms with Crippen molar-refractivity contribution in [3.05, 3.63) is 82.7 Å². The van der Waals surface area contributed by atoms with Crippen molar-refractivity contribution in [3.63, 3.8) is 0 Å². The summed E-state index contributed by atoms with van der Waals surface area (Å²) >= 11 is 5.32. The summed E-state index contributed by atoms with van der Waals surface area (Å²) in [7, 11) is 1.52. The standard InChI is InChI=1S/C27H27N3O3S/c1-16(2)19-10-12-21(13-11-19)29-17(3)14-20(18(29)4)15-22-25(31)28-27(34)30(26(22)32)23-8-6-7-9-24(23)33-5/h6-16H,1-5H3,(H,28,31,34)/b22-15+. The number of rotatable bonds is 5. The first-order chi connectivity index (χ1) is 16.2. The van der Waals surface area contributed by atoms with E-state index in [9.17, 15) is 9.59 Å². The van der Waals surface area contributed by atoms with Crippen molar-refractivity contribution in [3.8, 4) is 11.4 Å². The molecule has 0 bridgehead atoms. The lowest BCUT2D eigenvalue weighted by Crippen LogP contribution is -2.54. The van der Waals surface area contributed by atoms with Crippen molar-refractivity contribution in [2.24, 2.45) is 0 Å². The molecule has 0 unspecified atom stereocenters. The Bertz CT molecular complexity index is 1320. The van der Waals surface area contributed by atoms with Crippen LogP contribution < -0.4 is 15.0 Å². The number of anilines is 1. The SMILES string of the molecule is COc1ccccc1N1C(=O)/C(=C/c2cc(C)n(-c3ccc(C(C)C)cc3)c2C)C(=O)NC1=S. The monoisotopic (exact) mass is 473 g/mol. The number of hydrogen-bond acceptors (Lipinski definition) is 4. The summed E-state index contributed by atoms with van der Waals surface area (Å²) in [4.78, 5) is 27.5. The van der Waals surface area contributed by atoms with Gasteiger partial charge in [-0.05, 0) is 79.5 Å². The summed E-state index contributed by atoms with van der Waals surface area (Å²) in [6, 6.07) is 17.5. The zero-order chi connectivity index (χ0) is 24.6. The second-order valence-corrected chi connectivity index (χ2v) is 8.92. The number of nitrogens with zero attached hydrogens (tertiary/aromatic N) is 2. The first-order valence-electron chi connectivity index (χ1n) is 11.1. The molecule has 174 valence electrons. The molecule has 0 aliphatic carbocycles. The molecule has 1 saturated heterocycles. The van der Waals surface area contributed by atoms with Crippen LogP contribution in [-0.4, -0.2) is 28.6 Å². The average Bonchev–Trinajstić information content (AvgIpc) is 3.09. The normalized spacial score (nSPS) is 15.3. The van der Waals surface area contributed by atoms with Crippen LogP contribution in [0, 0.1) is 13.8 Å². The summed E-state index contributed by atoms with van der Waals surface area (Å²) in [5.74, 6) is -0.0809. The molecule has 3 aromatic rings. The van der Waals surface area contributed by atoms with Crippen molar-refractivity contribution in [2.75, 3.05) is 12.0 Å². The molecule has 7 heteroatoms. The highest BCUT2D eigenvalue weighted by atomic mass is 32.1. The zero-order valence-corrected chi connectivity index (χ0v) is 20.7. The third-order valence-electron chi connectivity index (χ3n) is 6.02. The molecule has 0 saturated carbocycles. The Morgan fingerprint density at radius 1 is 1.03 bits per heavy atom. The van der Waals surface area contributed by atoms with Crippen LogP contribution in [0.5, 0.6) is 5.75 Å². The van der Waals surface area contributed by atoms with Gasteiger partial charge in [0.2, 0.25) is 0 Å². The van der Waals surface area contributed by atoms with Gasteiger partial charge in [0.15, 0.2) is 5.11 Å². The van der Waals surface area contributed by atoms with E-state index in [2.05, 4.69) is 48.0 Å². The van der Waals surface area contributed by atoms with E-state index in [1.54, 1.807) is 30.3 Å². The molecule has 4 rings (SSSR count). The fourth-order valence-electron chi connectivity index (χ4n) is 4.19. The lowest BCUT2D eigenvalue weighted by Gasteiger charge is -2.29. The number of thiocarbonyl (C=S) groups is 1. The Labute approximate surface area is 204 Å². The summed E-state index contributed by atoms with van der Waals surface area (Å²) in [6.07, 6.45) is 1.63. The van der Waals surface area contributed by atoms with Gasteiger partial charge in [-0.2, -0.15) is 0 Å². The first kappa shape index (κ1) is 23.4. The molecule has 2 amide bonds. The average molecular weight is 474 g/mol. The number of amides is 2. The molecule has 6 nitrogen and oxygen atoms in total. The van der Waals surface area contributed by atoms with Gasteiger partial charge >= 0.3 is 0 Å². The predicted molar refractivity (Wildman–Crippen MR) is 139 cm³/mol. The van der Waals surface area contributed by atoms with Gasteiger partial charge in [-0.25, -0.2) is 4.90 Å². The highest BCUT2D eigenvalue weighted by Gasteiger charge is 2.36. The first-order valence-corrected chi connectivity index (χ1v) is 11.5. The molecular weight excluding hydrogens is 446 g/mol. The molecule has 0 atom stereocenters. The Kier molecular flexibility index (Phi) is 6.39. The number of carbonyl (C=O) groups is 2. The van der Waals surface area contributed by atoms with Gasteiger partial charge in [0.1, 0.15) is 11.3 Å². The molecule has 0 radical (unpaired) electrons. The zero-order valence-electron chi connectivity index (χ0n) is 19.9. The number of carbonyl (C=O) groups excluding carboxylic acids is 2. The lowest BCUT2D eigenvalue weighted by atomic mass is 10.0. The van der Waals surface area contributed by atoms with Crippen molar-refractivity contribution >= 4 is 40.9 Å². The van der Waals surface area contributed by atoms with E-state index in [1.165, 1.54) is 17.6 Å². The molecule has 2 aromatic carbocycles. The van der Waals surface area contributed by atoms with Gasteiger partial charge < -0.3 is 9.30 Å². The summed E-state index contributed by atoms with van der Waals surface area (Å²) < 4.78 is 7.51. The fraction of sp³-hybridized carbons (Fsp3) is 0.222. The van der Waals surface area contributed by atoms with Crippen molar-refractivity contribution in [1.29, 1.82) is 0 Å². The van der Waals surface area contributed by atoms with E-state index in [0.29, 0.717) is 17.4 Å². The number of hydrogen-bond donors (Lipinski definition) is 1. The number of methoxy groups -OCH3 is 1. The van der Waals surface area contributed by atoms with E-state index < -0.39 is 11.8 Å². The Morgan fingerprint density at radius 3 is 2.35 bits per heavy atom. The molecule has 1 aliphatic rings. The van der Waals surface area contributed by atoms with Crippen LogP contribution in [0.25, 0.3) is 11.8 Å². The van der Waals surface area contributed by atoms with Gasteiger partial charge in [0, 0.05) is 17.1 Å². The van der Waals surface area contributed by atoms with Gasteiger partial charge in [0.25, 0.3) is 11.8 Å². The van der Waals surface area contributed by atoms with Crippen LogP contribution in [0.3, 0.4) is 0 Å². The number of aromatic nitrogens is 1. The van der Waals surface area contributed by atoms with Gasteiger partial charge in [0.05, 0.1) is 12.8 Å². The maximum absolute atomic E-state index is 13.4. The quantitative estimate of drug-likeness (QED) is 0.320. The smallest absolute Gasteiger partial charge is 0.270 e. The molecule has 2 heterocycles. The highest BCUT2D eigenvalue weighted by molar-refractivity contribution is 7.80. The number of aryl methyl sites for hydroxylation is 1. The van der Waals surface area contributed by atoms with Crippen LogP contribution in [0.2, 0.25) is 0 Å². The van der Waals surface area contributed by atoms with Gasteiger partial charge in [-0.15, -0.1) is 0 Å². The third kappa shape index (κ3) is 4.15.